The van der Waals surface area contributed by atoms with Crippen LogP contribution in [0.2, 0.25) is 5.02 Å². The second-order valence-corrected chi connectivity index (χ2v) is 7.08. The van der Waals surface area contributed by atoms with Gasteiger partial charge in [-0.15, -0.1) is 0 Å². The molecule has 2 rings (SSSR count). The molecular formula is C17H21ClF3NO2. The Bertz CT molecular complexity index is 572. The Morgan fingerprint density at radius 2 is 1.83 bits per heavy atom. The number of hydrogen-bond donors (Lipinski definition) is 1. The Morgan fingerprint density at radius 3 is 2.42 bits per heavy atom. The van der Waals surface area contributed by atoms with Gasteiger partial charge < -0.3 is 10.1 Å². The van der Waals surface area contributed by atoms with Crippen molar-refractivity contribution >= 4 is 17.5 Å². The number of hydrogen-bond acceptors (Lipinski definition) is 2. The SMILES string of the molecule is CC(C)(Oc1ccc(Cl)cc1)C(=O)NC1CCCC(C(F)(F)F)C1. The molecule has 1 fully saturated rings. The van der Waals surface area contributed by atoms with Crippen LogP contribution in [0.25, 0.3) is 0 Å². The first-order valence-electron chi connectivity index (χ1n) is 7.90. The van der Waals surface area contributed by atoms with Crippen LogP contribution in [0.4, 0.5) is 13.2 Å². The van der Waals surface area contributed by atoms with Crippen molar-refractivity contribution < 1.29 is 22.7 Å². The predicted molar refractivity (Wildman–Crippen MR) is 86.1 cm³/mol. The van der Waals surface area contributed by atoms with E-state index in [0.717, 1.165) is 0 Å². The van der Waals surface area contributed by atoms with Crippen molar-refractivity contribution in [3.8, 4) is 5.75 Å². The van der Waals surface area contributed by atoms with Gasteiger partial charge in [-0.2, -0.15) is 13.2 Å². The molecule has 1 N–H and O–H groups in total. The molecule has 2 unspecified atom stereocenters. The molecule has 1 aliphatic rings. The highest BCUT2D eigenvalue weighted by atomic mass is 35.5. The second-order valence-electron chi connectivity index (χ2n) is 6.64. The van der Waals surface area contributed by atoms with E-state index in [0.29, 0.717) is 23.6 Å². The molecule has 0 saturated heterocycles. The third kappa shape index (κ3) is 5.03. The van der Waals surface area contributed by atoms with E-state index >= 15 is 0 Å². The van der Waals surface area contributed by atoms with Gasteiger partial charge in [-0.25, -0.2) is 0 Å². The first-order chi connectivity index (χ1) is 11.1. The van der Waals surface area contributed by atoms with E-state index < -0.39 is 29.6 Å². The lowest BCUT2D eigenvalue weighted by molar-refractivity contribution is -0.184. The van der Waals surface area contributed by atoms with Crippen molar-refractivity contribution in [3.05, 3.63) is 29.3 Å². The van der Waals surface area contributed by atoms with Gasteiger partial charge in [0.1, 0.15) is 5.75 Å². The summed E-state index contributed by atoms with van der Waals surface area (Å²) in [5.74, 6) is -1.31. The molecule has 1 aromatic rings. The highest BCUT2D eigenvalue weighted by molar-refractivity contribution is 6.30. The Hall–Kier alpha value is -1.43. The molecule has 0 heterocycles. The summed E-state index contributed by atoms with van der Waals surface area (Å²) in [7, 11) is 0. The van der Waals surface area contributed by atoms with Crippen molar-refractivity contribution in [2.24, 2.45) is 5.92 Å². The minimum atomic E-state index is -4.21. The number of benzene rings is 1. The van der Waals surface area contributed by atoms with Crippen LogP contribution < -0.4 is 10.1 Å². The number of alkyl halides is 3. The van der Waals surface area contributed by atoms with Gasteiger partial charge in [-0.1, -0.05) is 18.0 Å². The highest BCUT2D eigenvalue weighted by Gasteiger charge is 2.43. The molecule has 24 heavy (non-hydrogen) atoms. The maximum Gasteiger partial charge on any atom is 0.391 e. The quantitative estimate of drug-likeness (QED) is 0.839. The lowest BCUT2D eigenvalue weighted by Gasteiger charge is -2.33. The number of carbonyl (C=O) groups excluding carboxylic acids is 1. The molecule has 0 radical (unpaired) electrons. The van der Waals surface area contributed by atoms with Crippen LogP contribution in [0.5, 0.6) is 5.75 Å². The first kappa shape index (κ1) is 18.9. The number of rotatable bonds is 4. The van der Waals surface area contributed by atoms with E-state index in [4.69, 9.17) is 16.3 Å². The molecule has 0 aliphatic heterocycles. The molecule has 7 heteroatoms. The van der Waals surface area contributed by atoms with Gasteiger partial charge in [0.25, 0.3) is 5.91 Å². The normalized spacial score (nSPS) is 22.1. The Balaban J connectivity index is 1.96. The molecule has 0 aromatic heterocycles. The van der Waals surface area contributed by atoms with Gasteiger partial charge in [0.2, 0.25) is 0 Å². The zero-order valence-electron chi connectivity index (χ0n) is 13.6. The van der Waals surface area contributed by atoms with E-state index in [1.54, 1.807) is 38.1 Å². The molecule has 1 saturated carbocycles. The van der Waals surface area contributed by atoms with Crippen molar-refractivity contribution in [2.75, 3.05) is 0 Å². The summed E-state index contributed by atoms with van der Waals surface area (Å²) >= 11 is 5.80. The number of ether oxygens (including phenoxy) is 1. The van der Waals surface area contributed by atoms with Crippen LogP contribution in [-0.2, 0) is 4.79 Å². The lowest BCUT2D eigenvalue weighted by Crippen LogP contribution is -2.51. The van der Waals surface area contributed by atoms with Gasteiger partial charge in [0.05, 0.1) is 5.92 Å². The summed E-state index contributed by atoms with van der Waals surface area (Å²) in [5.41, 5.74) is -1.20. The Labute approximate surface area is 144 Å². The average Bonchev–Trinajstić information content (AvgIpc) is 2.49. The highest BCUT2D eigenvalue weighted by Crippen LogP contribution is 2.37. The molecule has 0 spiro atoms. The van der Waals surface area contributed by atoms with Gasteiger partial charge in [0, 0.05) is 11.1 Å². The van der Waals surface area contributed by atoms with Crippen LogP contribution in [0.3, 0.4) is 0 Å². The smallest absolute Gasteiger partial charge is 0.391 e. The predicted octanol–water partition coefficient (Wildman–Crippen LogP) is 4.73. The first-order valence-corrected chi connectivity index (χ1v) is 8.28. The molecular weight excluding hydrogens is 343 g/mol. The minimum Gasteiger partial charge on any atom is -0.478 e. The molecule has 2 atom stereocenters. The summed E-state index contributed by atoms with van der Waals surface area (Å²) in [6, 6.07) is 6.07. The summed E-state index contributed by atoms with van der Waals surface area (Å²) in [4.78, 5) is 12.4. The van der Waals surface area contributed by atoms with E-state index in [1.807, 2.05) is 0 Å². The van der Waals surface area contributed by atoms with Crippen LogP contribution >= 0.6 is 11.6 Å². The van der Waals surface area contributed by atoms with Crippen molar-refractivity contribution in [1.29, 1.82) is 0 Å². The van der Waals surface area contributed by atoms with Gasteiger partial charge >= 0.3 is 6.18 Å². The van der Waals surface area contributed by atoms with Crippen LogP contribution in [0, 0.1) is 5.92 Å². The van der Waals surface area contributed by atoms with Crippen molar-refractivity contribution in [1.82, 2.24) is 5.32 Å². The molecule has 1 aromatic carbocycles. The summed E-state index contributed by atoms with van der Waals surface area (Å²) in [5, 5.41) is 3.25. The zero-order chi connectivity index (χ0) is 18.0. The van der Waals surface area contributed by atoms with Crippen LogP contribution in [0.1, 0.15) is 39.5 Å². The maximum absolute atomic E-state index is 12.9. The average molecular weight is 364 g/mol. The van der Waals surface area contributed by atoms with Crippen LogP contribution in [0.15, 0.2) is 24.3 Å². The standard InChI is InChI=1S/C17H21ClF3NO2/c1-16(2,24-14-8-6-12(18)7-9-14)15(23)22-13-5-3-4-11(10-13)17(19,20)21/h6-9,11,13H,3-5,10H2,1-2H3,(H,22,23). The summed E-state index contributed by atoms with van der Waals surface area (Å²) < 4.78 is 44.2. The third-order valence-electron chi connectivity index (χ3n) is 4.21. The molecule has 3 nitrogen and oxygen atoms in total. The molecule has 1 aliphatic carbocycles. The molecule has 0 bridgehead atoms. The van der Waals surface area contributed by atoms with E-state index in [1.165, 1.54) is 0 Å². The van der Waals surface area contributed by atoms with E-state index in [2.05, 4.69) is 5.32 Å². The largest absolute Gasteiger partial charge is 0.478 e. The molecule has 1 amide bonds. The minimum absolute atomic E-state index is 0.0771. The topological polar surface area (TPSA) is 38.3 Å². The fourth-order valence-electron chi connectivity index (χ4n) is 2.82. The van der Waals surface area contributed by atoms with Crippen LogP contribution in [-0.4, -0.2) is 23.7 Å². The summed E-state index contributed by atoms with van der Waals surface area (Å²) in [6.45, 7) is 3.17. The van der Waals surface area contributed by atoms with Gasteiger partial charge in [0.15, 0.2) is 5.60 Å². The lowest BCUT2D eigenvalue weighted by atomic mass is 9.85. The number of amides is 1. The zero-order valence-corrected chi connectivity index (χ0v) is 14.4. The fraction of sp³-hybridized carbons (Fsp3) is 0.588. The second kappa shape index (κ2) is 7.21. The van der Waals surface area contributed by atoms with E-state index in [9.17, 15) is 18.0 Å². The number of halogens is 4. The van der Waals surface area contributed by atoms with Crippen molar-refractivity contribution in [3.63, 3.8) is 0 Å². The third-order valence-corrected chi connectivity index (χ3v) is 4.46. The number of carbonyl (C=O) groups is 1. The summed E-state index contributed by atoms with van der Waals surface area (Å²) in [6.07, 6.45) is -3.16. The molecule has 134 valence electrons. The number of nitrogens with one attached hydrogen (secondary N) is 1. The Morgan fingerprint density at radius 1 is 1.21 bits per heavy atom. The fourth-order valence-corrected chi connectivity index (χ4v) is 2.95. The Kier molecular flexibility index (Phi) is 5.68. The van der Waals surface area contributed by atoms with Gasteiger partial charge in [-0.05, 0) is 57.4 Å². The van der Waals surface area contributed by atoms with E-state index in [-0.39, 0.29) is 12.8 Å². The van der Waals surface area contributed by atoms with Gasteiger partial charge in [-0.3, -0.25) is 4.79 Å². The van der Waals surface area contributed by atoms with Crippen molar-refractivity contribution in [2.45, 2.75) is 57.3 Å². The monoisotopic (exact) mass is 363 g/mol. The maximum atomic E-state index is 12.9.